The van der Waals surface area contributed by atoms with E-state index in [2.05, 4.69) is 4.98 Å². The number of thiazole rings is 1. The summed E-state index contributed by atoms with van der Waals surface area (Å²) in [5.41, 5.74) is 1.84. The molecule has 0 spiro atoms. The van der Waals surface area contributed by atoms with Crippen LogP contribution in [0.5, 0.6) is 0 Å². The number of hydrogen-bond acceptors (Lipinski definition) is 5. The highest BCUT2D eigenvalue weighted by atomic mass is 32.1. The fourth-order valence-electron chi connectivity index (χ4n) is 3.68. The lowest BCUT2D eigenvalue weighted by molar-refractivity contribution is 0.0255. The van der Waals surface area contributed by atoms with E-state index >= 15 is 0 Å². The average molecular weight is 459 g/mol. The summed E-state index contributed by atoms with van der Waals surface area (Å²) in [7, 11) is 0. The lowest BCUT2D eigenvalue weighted by Gasteiger charge is -2.26. The van der Waals surface area contributed by atoms with E-state index in [0.717, 1.165) is 21.9 Å². The number of rotatable bonds is 2. The Kier molecular flexibility index (Phi) is 5.94. The maximum Gasteiger partial charge on any atom is 0.410 e. The molecular formula is C23H27FN4O3S. The Balaban J connectivity index is 1.49. The fourth-order valence-corrected chi connectivity index (χ4v) is 4.76. The minimum Gasteiger partial charge on any atom is -0.444 e. The molecule has 0 bridgehead atoms. The molecule has 9 heteroatoms. The quantitative estimate of drug-likeness (QED) is 0.563. The molecule has 1 aromatic carbocycles. The smallest absolute Gasteiger partial charge is 0.410 e. The van der Waals surface area contributed by atoms with Crippen molar-refractivity contribution >= 4 is 28.3 Å². The Hall–Kier alpha value is -2.94. The molecule has 2 amide bonds. The van der Waals surface area contributed by atoms with Crippen LogP contribution in [0.25, 0.3) is 16.2 Å². The van der Waals surface area contributed by atoms with E-state index in [1.54, 1.807) is 21.9 Å². The van der Waals surface area contributed by atoms with Gasteiger partial charge in [0.05, 0.1) is 5.69 Å². The number of carbonyl (C=O) groups is 2. The van der Waals surface area contributed by atoms with E-state index < -0.39 is 5.60 Å². The van der Waals surface area contributed by atoms with Crippen LogP contribution in [0.1, 0.15) is 42.6 Å². The molecule has 4 rings (SSSR count). The standard InChI is InChI=1S/C23H27FN4O3S/c1-15-19(32-21-25-18(14-28(15)21)16-6-8-17(24)9-7-16)20(29)26-10-5-11-27(13-12-26)22(30)31-23(2,3)4/h6-9,14H,5,10-13H2,1-4H3. The predicted octanol–water partition coefficient (Wildman–Crippen LogP) is 4.59. The molecule has 1 aliphatic heterocycles. The summed E-state index contributed by atoms with van der Waals surface area (Å²) in [6, 6.07) is 6.20. The third-order valence-corrected chi connectivity index (χ3v) is 6.47. The number of imidazole rings is 1. The largest absolute Gasteiger partial charge is 0.444 e. The number of fused-ring (bicyclic) bond motifs is 1. The highest BCUT2D eigenvalue weighted by Gasteiger charge is 2.28. The zero-order valence-electron chi connectivity index (χ0n) is 18.7. The molecule has 32 heavy (non-hydrogen) atoms. The molecule has 1 saturated heterocycles. The topological polar surface area (TPSA) is 67.2 Å². The second kappa shape index (κ2) is 8.54. The third kappa shape index (κ3) is 4.62. The van der Waals surface area contributed by atoms with Crippen LogP contribution in [-0.4, -0.2) is 63.0 Å². The Morgan fingerprint density at radius 3 is 2.38 bits per heavy atom. The summed E-state index contributed by atoms with van der Waals surface area (Å²) in [6.07, 6.45) is 2.23. The van der Waals surface area contributed by atoms with Crippen LogP contribution in [0.15, 0.2) is 30.5 Å². The first-order valence-electron chi connectivity index (χ1n) is 10.6. The van der Waals surface area contributed by atoms with Gasteiger partial charge in [0.15, 0.2) is 4.96 Å². The number of ether oxygens (including phenoxy) is 1. The van der Waals surface area contributed by atoms with Crippen molar-refractivity contribution < 1.29 is 18.7 Å². The first kappa shape index (κ1) is 22.3. The average Bonchev–Trinajstić information content (AvgIpc) is 3.15. The van der Waals surface area contributed by atoms with E-state index in [-0.39, 0.29) is 17.8 Å². The molecule has 0 saturated carbocycles. The highest BCUT2D eigenvalue weighted by molar-refractivity contribution is 7.19. The van der Waals surface area contributed by atoms with Crippen molar-refractivity contribution in [3.8, 4) is 11.3 Å². The third-order valence-electron chi connectivity index (χ3n) is 5.33. The molecule has 0 aliphatic carbocycles. The van der Waals surface area contributed by atoms with Crippen molar-refractivity contribution in [1.82, 2.24) is 19.2 Å². The summed E-state index contributed by atoms with van der Waals surface area (Å²) in [4.78, 5) is 35.1. The molecule has 3 aromatic rings. The van der Waals surface area contributed by atoms with Crippen molar-refractivity contribution in [2.45, 2.75) is 39.7 Å². The first-order valence-corrected chi connectivity index (χ1v) is 11.5. The fraction of sp³-hybridized carbons (Fsp3) is 0.435. The van der Waals surface area contributed by atoms with E-state index in [9.17, 15) is 14.0 Å². The number of aromatic nitrogens is 2. The number of halogens is 1. The van der Waals surface area contributed by atoms with Crippen molar-refractivity contribution in [1.29, 1.82) is 0 Å². The van der Waals surface area contributed by atoms with Gasteiger partial charge in [-0.2, -0.15) is 0 Å². The predicted molar refractivity (Wildman–Crippen MR) is 122 cm³/mol. The summed E-state index contributed by atoms with van der Waals surface area (Å²) in [5.74, 6) is -0.339. The normalized spacial score (nSPS) is 15.2. The van der Waals surface area contributed by atoms with Gasteiger partial charge in [0.2, 0.25) is 0 Å². The molecule has 1 fully saturated rings. The SMILES string of the molecule is Cc1c(C(=O)N2CCCN(C(=O)OC(C)(C)C)CC2)sc2nc(-c3ccc(F)cc3)cn12. The number of carbonyl (C=O) groups excluding carboxylic acids is 2. The van der Waals surface area contributed by atoms with Gasteiger partial charge in [0.1, 0.15) is 16.3 Å². The summed E-state index contributed by atoms with van der Waals surface area (Å²) >= 11 is 1.35. The molecule has 3 heterocycles. The zero-order chi connectivity index (χ0) is 23.0. The van der Waals surface area contributed by atoms with Gasteiger partial charge >= 0.3 is 6.09 Å². The number of aryl methyl sites for hydroxylation is 1. The van der Waals surface area contributed by atoms with Gasteiger partial charge in [0, 0.05) is 43.6 Å². The van der Waals surface area contributed by atoms with Crippen LogP contribution >= 0.6 is 11.3 Å². The van der Waals surface area contributed by atoms with Gasteiger partial charge in [0.25, 0.3) is 5.91 Å². The maximum atomic E-state index is 13.3. The zero-order valence-corrected chi connectivity index (χ0v) is 19.5. The summed E-state index contributed by atoms with van der Waals surface area (Å²) in [5, 5.41) is 0. The van der Waals surface area contributed by atoms with Crippen molar-refractivity contribution in [2.24, 2.45) is 0 Å². The van der Waals surface area contributed by atoms with Crippen LogP contribution in [0, 0.1) is 12.7 Å². The molecule has 2 aromatic heterocycles. The van der Waals surface area contributed by atoms with Crippen LogP contribution in [0.3, 0.4) is 0 Å². The maximum absolute atomic E-state index is 13.3. The van der Waals surface area contributed by atoms with E-state index in [4.69, 9.17) is 4.74 Å². The van der Waals surface area contributed by atoms with Crippen molar-refractivity contribution in [2.75, 3.05) is 26.2 Å². The molecular weight excluding hydrogens is 431 g/mol. The second-order valence-electron chi connectivity index (χ2n) is 8.92. The lowest BCUT2D eigenvalue weighted by atomic mass is 10.2. The van der Waals surface area contributed by atoms with Crippen LogP contribution in [0.2, 0.25) is 0 Å². The van der Waals surface area contributed by atoms with Gasteiger partial charge in [-0.3, -0.25) is 9.20 Å². The molecule has 0 radical (unpaired) electrons. The van der Waals surface area contributed by atoms with Crippen molar-refractivity contribution in [3.63, 3.8) is 0 Å². The minimum absolute atomic E-state index is 0.0487. The molecule has 0 N–H and O–H groups in total. The van der Waals surface area contributed by atoms with Gasteiger partial charge in [-0.1, -0.05) is 11.3 Å². The van der Waals surface area contributed by atoms with E-state index in [0.29, 0.717) is 37.5 Å². The number of amides is 2. The molecule has 7 nitrogen and oxygen atoms in total. The van der Waals surface area contributed by atoms with E-state index in [1.165, 1.54) is 23.5 Å². The highest BCUT2D eigenvalue weighted by Crippen LogP contribution is 2.28. The molecule has 0 atom stereocenters. The van der Waals surface area contributed by atoms with Gasteiger partial charge in [-0.25, -0.2) is 14.2 Å². The summed E-state index contributed by atoms with van der Waals surface area (Å²) < 4.78 is 20.6. The van der Waals surface area contributed by atoms with Gasteiger partial charge < -0.3 is 14.5 Å². The van der Waals surface area contributed by atoms with Gasteiger partial charge in [-0.15, -0.1) is 0 Å². The van der Waals surface area contributed by atoms with Gasteiger partial charge in [-0.05, 0) is 58.4 Å². The van der Waals surface area contributed by atoms with E-state index in [1.807, 2.05) is 38.3 Å². The first-order chi connectivity index (χ1) is 15.1. The van der Waals surface area contributed by atoms with Crippen LogP contribution in [0.4, 0.5) is 9.18 Å². The number of nitrogens with zero attached hydrogens (tertiary/aromatic N) is 4. The molecule has 170 valence electrons. The Bertz CT molecular complexity index is 1150. The number of hydrogen-bond donors (Lipinski definition) is 0. The Morgan fingerprint density at radius 2 is 1.72 bits per heavy atom. The summed E-state index contributed by atoms with van der Waals surface area (Å²) in [6.45, 7) is 9.47. The molecule has 0 unspecified atom stereocenters. The van der Waals surface area contributed by atoms with Crippen LogP contribution < -0.4 is 0 Å². The lowest BCUT2D eigenvalue weighted by Crippen LogP contribution is -2.40. The Morgan fingerprint density at radius 1 is 1.06 bits per heavy atom. The molecule has 1 aliphatic rings. The number of benzene rings is 1. The Labute approximate surface area is 190 Å². The second-order valence-corrected chi connectivity index (χ2v) is 9.89. The van der Waals surface area contributed by atoms with Crippen LogP contribution in [-0.2, 0) is 4.74 Å². The minimum atomic E-state index is -0.547. The van der Waals surface area contributed by atoms with Crippen molar-refractivity contribution in [3.05, 3.63) is 46.9 Å². The monoisotopic (exact) mass is 458 g/mol.